The van der Waals surface area contributed by atoms with E-state index in [1.807, 2.05) is 0 Å². The molecule has 5 nitrogen and oxygen atoms in total. The molecule has 13 heavy (non-hydrogen) atoms. The van der Waals surface area contributed by atoms with Crippen LogP contribution in [0.2, 0.25) is 0 Å². The zero-order chi connectivity index (χ0) is 10.9. The van der Waals surface area contributed by atoms with E-state index in [0.717, 1.165) is 6.08 Å². The lowest BCUT2D eigenvalue weighted by atomic mass is 10.0. The fourth-order valence-corrected chi connectivity index (χ4v) is 1.28. The van der Waals surface area contributed by atoms with E-state index in [-0.39, 0.29) is 0 Å². The van der Waals surface area contributed by atoms with Gasteiger partial charge in [0.05, 0.1) is 6.61 Å². The monoisotopic (exact) mass is 191 g/mol. The molecule has 2 unspecified atom stereocenters. The lowest BCUT2D eigenvalue weighted by Crippen LogP contribution is -2.42. The van der Waals surface area contributed by atoms with Crippen molar-refractivity contribution in [1.29, 1.82) is 0 Å². The summed E-state index contributed by atoms with van der Waals surface area (Å²) in [4.78, 5) is 0. The minimum Gasteiger partial charge on any atom is -0.394 e. The highest BCUT2D eigenvalue weighted by Crippen LogP contribution is 2.31. The van der Waals surface area contributed by atoms with Crippen LogP contribution in [0, 0.1) is 0 Å². The van der Waals surface area contributed by atoms with Gasteiger partial charge < -0.3 is 25.2 Å². The average molecular weight is 191 g/mol. The average Bonchev–Trinajstić information content (AvgIpc) is 2.42. The second kappa shape index (κ2) is 3.73. The van der Waals surface area contributed by atoms with Crippen LogP contribution in [-0.4, -0.2) is 51.1 Å². The molecule has 76 valence electrons. The summed E-state index contributed by atoms with van der Waals surface area (Å²) in [5.74, 6) is -2.20. The Labute approximate surface area is 77.3 Å². The molecule has 5 heteroatoms. The molecule has 1 fully saturated rings. The van der Waals surface area contributed by atoms with Crippen molar-refractivity contribution < 1.29 is 26.5 Å². The maximum atomic E-state index is 9.70. The molecule has 0 amide bonds. The van der Waals surface area contributed by atoms with Crippen molar-refractivity contribution in [3.8, 4) is 0 Å². The van der Waals surface area contributed by atoms with Crippen molar-refractivity contribution in [2.45, 2.75) is 30.5 Å². The smallest absolute Gasteiger partial charge is 0.198 e. The Bertz CT molecular complexity index is 224. The Hall–Kier alpha value is -0.460. The molecule has 0 radical (unpaired) electrons. The molecule has 1 heterocycles. The van der Waals surface area contributed by atoms with Gasteiger partial charge in [-0.1, -0.05) is 6.08 Å². The van der Waals surface area contributed by atoms with E-state index in [1.165, 1.54) is 0 Å². The molecule has 0 aromatic heterocycles. The van der Waals surface area contributed by atoms with Crippen molar-refractivity contribution in [1.82, 2.24) is 0 Å². The largest absolute Gasteiger partial charge is 0.394 e. The molecule has 1 saturated heterocycles. The number of ether oxygens (including phenoxy) is 1. The zero-order valence-electron chi connectivity index (χ0n) is 8.00. The second-order valence-corrected chi connectivity index (χ2v) is 2.93. The summed E-state index contributed by atoms with van der Waals surface area (Å²) in [6.07, 6.45) is -4.32. The number of hydrogen-bond acceptors (Lipinski definition) is 5. The minimum atomic E-state index is -2.20. The predicted molar refractivity (Wildman–Crippen MR) is 43.7 cm³/mol. The zero-order valence-corrected chi connectivity index (χ0v) is 7.00. The summed E-state index contributed by atoms with van der Waals surface area (Å²) in [6.45, 7) is 2.74. The van der Waals surface area contributed by atoms with Crippen LogP contribution < -0.4 is 0 Å². The number of aliphatic hydroxyl groups excluding tert-OH is 3. The van der Waals surface area contributed by atoms with E-state index in [4.69, 9.17) is 11.2 Å². The summed E-state index contributed by atoms with van der Waals surface area (Å²) in [5.41, 5.74) is 0. The van der Waals surface area contributed by atoms with Gasteiger partial charge in [-0.25, -0.2) is 0 Å². The molecular weight excluding hydrogens is 176 g/mol. The fraction of sp³-hybridized carbons (Fsp3) is 0.750. The van der Waals surface area contributed by atoms with Crippen LogP contribution in [0.25, 0.3) is 0 Å². The molecule has 0 aromatic rings. The van der Waals surface area contributed by atoms with E-state index in [2.05, 4.69) is 6.58 Å². The van der Waals surface area contributed by atoms with E-state index in [0.29, 0.717) is 0 Å². The number of hydrogen-bond donors (Lipinski definition) is 4. The summed E-state index contributed by atoms with van der Waals surface area (Å²) in [6, 6.07) is 0. The molecule has 0 aromatic carbocycles. The molecule has 0 spiro atoms. The van der Waals surface area contributed by atoms with Crippen LogP contribution in [0.15, 0.2) is 12.7 Å². The maximum Gasteiger partial charge on any atom is 0.198 e. The van der Waals surface area contributed by atoms with Gasteiger partial charge in [-0.2, -0.15) is 0 Å². The van der Waals surface area contributed by atoms with E-state index >= 15 is 0 Å². The summed E-state index contributed by atoms with van der Waals surface area (Å²) in [7, 11) is 0. The molecule has 4 N–H and O–H groups in total. The predicted octanol–water partition coefficient (Wildman–Crippen LogP) is -1.64. The van der Waals surface area contributed by atoms with Crippen molar-refractivity contribution in [3.05, 3.63) is 12.7 Å². The number of aliphatic hydroxyl groups is 4. The first-order chi connectivity index (χ1) is 6.47. The third-order valence-electron chi connectivity index (χ3n) is 2.00. The first-order valence-corrected chi connectivity index (χ1v) is 3.89. The van der Waals surface area contributed by atoms with Crippen LogP contribution in [-0.2, 0) is 4.74 Å². The Kier molecular flexibility index (Phi) is 2.61. The third kappa shape index (κ3) is 1.74. The van der Waals surface area contributed by atoms with Crippen molar-refractivity contribution in [2.75, 3.05) is 6.61 Å². The Morgan fingerprint density at radius 3 is 2.62 bits per heavy atom. The molecule has 0 bridgehead atoms. The van der Waals surface area contributed by atoms with Crippen LogP contribution >= 0.6 is 0 Å². The van der Waals surface area contributed by atoms with Crippen molar-refractivity contribution >= 4 is 0 Å². The molecule has 1 aliphatic rings. The summed E-state index contributed by atoms with van der Waals surface area (Å²) in [5, 5.41) is 37.2. The third-order valence-corrected chi connectivity index (χ3v) is 2.00. The quantitative estimate of drug-likeness (QED) is 0.402. The van der Waals surface area contributed by atoms with Crippen LogP contribution in [0.3, 0.4) is 0 Å². The van der Waals surface area contributed by atoms with Gasteiger partial charge in [0.25, 0.3) is 0 Å². The molecule has 0 saturated carbocycles. The van der Waals surface area contributed by atoms with Gasteiger partial charge in [-0.3, -0.25) is 0 Å². The van der Waals surface area contributed by atoms with Gasteiger partial charge >= 0.3 is 0 Å². The maximum absolute atomic E-state index is 9.70. The van der Waals surface area contributed by atoms with Gasteiger partial charge in [0, 0.05) is 7.77 Å². The van der Waals surface area contributed by atoms with E-state index < -0.39 is 37.1 Å². The van der Waals surface area contributed by atoms with Crippen LogP contribution in [0.5, 0.6) is 0 Å². The van der Waals surface area contributed by atoms with Gasteiger partial charge in [0.1, 0.15) is 18.3 Å². The van der Waals surface area contributed by atoms with E-state index in [1.54, 1.807) is 0 Å². The lowest BCUT2D eigenvalue weighted by Gasteiger charge is -2.24. The van der Waals surface area contributed by atoms with Gasteiger partial charge in [-0.15, -0.1) is 6.58 Å². The van der Waals surface area contributed by atoms with Crippen LogP contribution in [0.1, 0.15) is 7.77 Å². The highest BCUT2D eigenvalue weighted by Gasteiger charge is 2.52. The van der Waals surface area contributed by atoms with Crippen molar-refractivity contribution in [2.24, 2.45) is 0 Å². The first kappa shape index (κ1) is 9.11. The normalized spacial score (nSPS) is 48.6. The van der Waals surface area contributed by atoms with Gasteiger partial charge in [0.2, 0.25) is 0 Å². The molecule has 0 aliphatic carbocycles. The SMILES string of the molecule is [2H]C(C=C)C1(O)O[C@H](CO)[C@@H](O)[C@H]1O. The Balaban J connectivity index is 2.86. The highest BCUT2D eigenvalue weighted by molar-refractivity contribution is 4.98. The summed E-state index contributed by atoms with van der Waals surface area (Å²) < 4.78 is 12.2. The Morgan fingerprint density at radius 2 is 2.23 bits per heavy atom. The molecule has 5 atom stereocenters. The van der Waals surface area contributed by atoms with Gasteiger partial charge in [-0.05, 0) is 0 Å². The minimum absolute atomic E-state index is 0.537. The lowest BCUT2D eigenvalue weighted by molar-refractivity contribution is -0.227. The molecule has 1 rings (SSSR count). The van der Waals surface area contributed by atoms with Crippen molar-refractivity contribution in [3.63, 3.8) is 0 Å². The molecule has 1 aliphatic heterocycles. The highest BCUT2D eigenvalue weighted by atomic mass is 16.7. The summed E-state index contributed by atoms with van der Waals surface area (Å²) >= 11 is 0. The topological polar surface area (TPSA) is 90.2 Å². The molecular formula is C8H14O5. The number of rotatable bonds is 3. The Morgan fingerprint density at radius 1 is 1.62 bits per heavy atom. The van der Waals surface area contributed by atoms with Crippen LogP contribution in [0.4, 0.5) is 0 Å². The van der Waals surface area contributed by atoms with Gasteiger partial charge in [0.15, 0.2) is 5.79 Å². The van der Waals surface area contributed by atoms with E-state index in [9.17, 15) is 15.3 Å². The second-order valence-electron chi connectivity index (χ2n) is 2.93. The first-order valence-electron chi connectivity index (χ1n) is 4.47. The fourth-order valence-electron chi connectivity index (χ4n) is 1.28. The standard InChI is InChI=1S/C8H14O5/c1-2-3-8(12)7(11)6(10)5(4-9)13-8/h2,5-7,9-12H,1,3-4H2/t5-,6-,7-,8?/m1/s1/i3D/t3?,5-,6-,7-,8?.